The summed E-state index contributed by atoms with van der Waals surface area (Å²) in [4.78, 5) is 0. The van der Waals surface area contributed by atoms with Gasteiger partial charge in [0, 0.05) is 13.1 Å². The Hall–Kier alpha value is -1.87. The van der Waals surface area contributed by atoms with Crippen LogP contribution in [0.4, 0.5) is 4.39 Å². The number of halogens is 1. The summed E-state index contributed by atoms with van der Waals surface area (Å²) in [5, 5.41) is 3.33. The highest BCUT2D eigenvalue weighted by Crippen LogP contribution is 2.10. The summed E-state index contributed by atoms with van der Waals surface area (Å²) in [6, 6.07) is 14.4. The first-order valence-electron chi connectivity index (χ1n) is 6.39. The van der Waals surface area contributed by atoms with Crippen LogP contribution in [0, 0.1) is 12.7 Å². The van der Waals surface area contributed by atoms with Crippen molar-refractivity contribution in [2.24, 2.45) is 0 Å². The van der Waals surface area contributed by atoms with E-state index in [1.807, 2.05) is 12.1 Å². The molecular weight excluding hydrogens is 241 g/mol. The third-order valence-corrected chi connectivity index (χ3v) is 2.94. The fraction of sp³-hybridized carbons (Fsp3) is 0.250. The van der Waals surface area contributed by atoms with Crippen LogP contribution in [0.5, 0.6) is 5.75 Å². The molecule has 0 atom stereocenters. The molecule has 0 fully saturated rings. The van der Waals surface area contributed by atoms with Crippen LogP contribution in [0.2, 0.25) is 0 Å². The lowest BCUT2D eigenvalue weighted by atomic mass is 10.1. The van der Waals surface area contributed by atoms with E-state index in [9.17, 15) is 4.39 Å². The summed E-state index contributed by atoms with van der Waals surface area (Å²) in [6.45, 7) is 4.26. The minimum Gasteiger partial charge on any atom is -0.492 e. The van der Waals surface area contributed by atoms with E-state index >= 15 is 0 Å². The zero-order valence-corrected chi connectivity index (χ0v) is 11.0. The predicted octanol–water partition coefficient (Wildman–Crippen LogP) is 3.30. The smallest absolute Gasteiger partial charge is 0.123 e. The van der Waals surface area contributed by atoms with Crippen LogP contribution in [0.1, 0.15) is 11.1 Å². The molecule has 3 heteroatoms. The van der Waals surface area contributed by atoms with Crippen molar-refractivity contribution in [3.8, 4) is 5.75 Å². The quantitative estimate of drug-likeness (QED) is 0.804. The maximum Gasteiger partial charge on any atom is 0.123 e. The Labute approximate surface area is 113 Å². The van der Waals surface area contributed by atoms with Gasteiger partial charge in [0.1, 0.15) is 18.2 Å². The Morgan fingerprint density at radius 1 is 1.05 bits per heavy atom. The number of hydrogen-bond acceptors (Lipinski definition) is 2. The minimum absolute atomic E-state index is 0.245. The lowest BCUT2D eigenvalue weighted by molar-refractivity contribution is 0.313. The normalized spacial score (nSPS) is 10.4. The average molecular weight is 259 g/mol. The van der Waals surface area contributed by atoms with Gasteiger partial charge < -0.3 is 10.1 Å². The average Bonchev–Trinajstić information content (AvgIpc) is 2.42. The monoisotopic (exact) mass is 259 g/mol. The summed E-state index contributed by atoms with van der Waals surface area (Å²) in [5.41, 5.74) is 2.58. The topological polar surface area (TPSA) is 21.3 Å². The van der Waals surface area contributed by atoms with Crippen LogP contribution in [0.25, 0.3) is 0 Å². The van der Waals surface area contributed by atoms with E-state index in [4.69, 9.17) is 4.74 Å². The SMILES string of the molecule is Cc1ccccc1CNCCOc1ccc(F)cc1. The maximum atomic E-state index is 12.7. The molecule has 0 aliphatic rings. The Morgan fingerprint density at radius 3 is 2.53 bits per heavy atom. The molecule has 0 radical (unpaired) electrons. The number of rotatable bonds is 6. The zero-order chi connectivity index (χ0) is 13.5. The predicted molar refractivity (Wildman–Crippen MR) is 74.8 cm³/mol. The van der Waals surface area contributed by atoms with Crippen molar-refractivity contribution in [2.45, 2.75) is 13.5 Å². The molecule has 0 saturated heterocycles. The highest BCUT2D eigenvalue weighted by molar-refractivity contribution is 5.25. The number of ether oxygens (including phenoxy) is 1. The van der Waals surface area contributed by atoms with Gasteiger partial charge in [0.05, 0.1) is 0 Å². The highest BCUT2D eigenvalue weighted by Gasteiger charge is 1.97. The fourth-order valence-electron chi connectivity index (χ4n) is 1.80. The summed E-state index contributed by atoms with van der Waals surface area (Å²) < 4.78 is 18.2. The second-order valence-corrected chi connectivity index (χ2v) is 4.41. The van der Waals surface area contributed by atoms with Crippen molar-refractivity contribution in [2.75, 3.05) is 13.2 Å². The van der Waals surface area contributed by atoms with Gasteiger partial charge in [-0.25, -0.2) is 4.39 Å². The van der Waals surface area contributed by atoms with Crippen molar-refractivity contribution in [1.29, 1.82) is 0 Å². The number of aryl methyl sites for hydroxylation is 1. The van der Waals surface area contributed by atoms with Crippen LogP contribution >= 0.6 is 0 Å². The zero-order valence-electron chi connectivity index (χ0n) is 11.0. The van der Waals surface area contributed by atoms with Crippen molar-refractivity contribution in [1.82, 2.24) is 5.32 Å². The van der Waals surface area contributed by atoms with Crippen molar-refractivity contribution in [3.05, 3.63) is 65.5 Å². The lowest BCUT2D eigenvalue weighted by Crippen LogP contribution is -2.21. The molecule has 0 aliphatic carbocycles. The molecule has 2 nitrogen and oxygen atoms in total. The van der Waals surface area contributed by atoms with E-state index < -0.39 is 0 Å². The van der Waals surface area contributed by atoms with Crippen molar-refractivity contribution < 1.29 is 9.13 Å². The first-order chi connectivity index (χ1) is 9.25. The Bertz CT molecular complexity index is 510. The van der Waals surface area contributed by atoms with E-state index in [0.29, 0.717) is 12.4 Å². The van der Waals surface area contributed by atoms with Gasteiger partial charge in [0.15, 0.2) is 0 Å². The van der Waals surface area contributed by atoms with Gasteiger partial charge in [-0.15, -0.1) is 0 Å². The molecule has 2 aromatic rings. The van der Waals surface area contributed by atoms with Crippen molar-refractivity contribution >= 4 is 0 Å². The molecular formula is C16H18FNO. The fourth-order valence-corrected chi connectivity index (χ4v) is 1.80. The van der Waals surface area contributed by atoms with Crippen LogP contribution in [-0.4, -0.2) is 13.2 Å². The Morgan fingerprint density at radius 2 is 1.79 bits per heavy atom. The second-order valence-electron chi connectivity index (χ2n) is 4.41. The summed E-state index contributed by atoms with van der Waals surface area (Å²) >= 11 is 0. The molecule has 0 saturated carbocycles. The molecule has 100 valence electrons. The third-order valence-electron chi connectivity index (χ3n) is 2.94. The van der Waals surface area contributed by atoms with E-state index in [0.717, 1.165) is 13.1 Å². The van der Waals surface area contributed by atoms with Gasteiger partial charge in [0.25, 0.3) is 0 Å². The first kappa shape index (κ1) is 13.6. The maximum absolute atomic E-state index is 12.7. The van der Waals surface area contributed by atoms with Crippen LogP contribution in [0.3, 0.4) is 0 Å². The largest absolute Gasteiger partial charge is 0.492 e. The van der Waals surface area contributed by atoms with Gasteiger partial charge in [-0.2, -0.15) is 0 Å². The number of hydrogen-bond donors (Lipinski definition) is 1. The molecule has 0 aromatic heterocycles. The summed E-state index contributed by atoms with van der Waals surface area (Å²) in [6.07, 6.45) is 0. The lowest BCUT2D eigenvalue weighted by Gasteiger charge is -2.09. The minimum atomic E-state index is -0.245. The second kappa shape index (κ2) is 6.90. The van der Waals surface area contributed by atoms with E-state index in [1.165, 1.54) is 23.3 Å². The van der Waals surface area contributed by atoms with Gasteiger partial charge in [-0.05, 0) is 42.3 Å². The Balaban J connectivity index is 1.67. The van der Waals surface area contributed by atoms with Gasteiger partial charge in [-0.3, -0.25) is 0 Å². The molecule has 0 heterocycles. The van der Waals surface area contributed by atoms with Gasteiger partial charge >= 0.3 is 0 Å². The van der Waals surface area contributed by atoms with Gasteiger partial charge in [-0.1, -0.05) is 24.3 Å². The van der Waals surface area contributed by atoms with Crippen LogP contribution in [0.15, 0.2) is 48.5 Å². The number of nitrogens with one attached hydrogen (secondary N) is 1. The molecule has 19 heavy (non-hydrogen) atoms. The van der Waals surface area contributed by atoms with Gasteiger partial charge in [0.2, 0.25) is 0 Å². The highest BCUT2D eigenvalue weighted by atomic mass is 19.1. The summed E-state index contributed by atoms with van der Waals surface area (Å²) in [7, 11) is 0. The molecule has 0 aliphatic heterocycles. The summed E-state index contributed by atoms with van der Waals surface area (Å²) in [5.74, 6) is 0.448. The first-order valence-corrected chi connectivity index (χ1v) is 6.39. The van der Waals surface area contributed by atoms with E-state index in [2.05, 4.69) is 24.4 Å². The molecule has 1 N–H and O–H groups in total. The molecule has 2 aromatic carbocycles. The van der Waals surface area contributed by atoms with Crippen LogP contribution < -0.4 is 10.1 Å². The molecule has 0 unspecified atom stereocenters. The molecule has 0 bridgehead atoms. The standard InChI is InChI=1S/C16H18FNO/c1-13-4-2-3-5-14(13)12-18-10-11-19-16-8-6-15(17)7-9-16/h2-9,18H,10-12H2,1H3. The van der Waals surface area contributed by atoms with Crippen LogP contribution in [-0.2, 0) is 6.54 Å². The molecule has 0 amide bonds. The van der Waals surface area contributed by atoms with Crippen molar-refractivity contribution in [3.63, 3.8) is 0 Å². The Kier molecular flexibility index (Phi) is 4.93. The molecule has 0 spiro atoms. The third kappa shape index (κ3) is 4.38. The van der Waals surface area contributed by atoms with E-state index in [1.54, 1.807) is 12.1 Å². The molecule has 2 rings (SSSR count). The number of benzene rings is 2. The van der Waals surface area contributed by atoms with E-state index in [-0.39, 0.29) is 5.82 Å².